The summed E-state index contributed by atoms with van der Waals surface area (Å²) in [5.41, 5.74) is 1.19. The molecule has 0 fully saturated rings. The van der Waals surface area contributed by atoms with Gasteiger partial charge >= 0.3 is 7.60 Å². The average molecular weight is 361 g/mol. The molecule has 3 rings (SSSR count). The van der Waals surface area contributed by atoms with Gasteiger partial charge in [0.15, 0.2) is 0 Å². The molecule has 1 aromatic carbocycles. The molecule has 0 amide bonds. The highest BCUT2D eigenvalue weighted by molar-refractivity contribution is 7.60. The van der Waals surface area contributed by atoms with E-state index in [2.05, 4.69) is 10.1 Å². The largest absolute Gasteiger partial charge is 0.480 e. The summed E-state index contributed by atoms with van der Waals surface area (Å²) in [6, 6.07) is 7.81. The fraction of sp³-hybridized carbons (Fsp3) is 0.188. The van der Waals surface area contributed by atoms with Gasteiger partial charge < -0.3 is 14.5 Å². The van der Waals surface area contributed by atoms with Crippen LogP contribution in [0.15, 0.2) is 41.3 Å². The van der Waals surface area contributed by atoms with Crippen LogP contribution in [0, 0.1) is 0 Å². The van der Waals surface area contributed by atoms with Crippen LogP contribution in [0.3, 0.4) is 0 Å². The lowest BCUT2D eigenvalue weighted by Gasteiger charge is -2.09. The van der Waals surface area contributed by atoms with Crippen LogP contribution in [0.5, 0.6) is 5.88 Å². The molecule has 0 saturated heterocycles. The Hall–Kier alpha value is -2.54. The molecule has 3 aromatic rings. The van der Waals surface area contributed by atoms with Gasteiger partial charge in [-0.25, -0.2) is 9.67 Å². The Morgan fingerprint density at radius 1 is 1.24 bits per heavy atom. The van der Waals surface area contributed by atoms with E-state index in [1.807, 2.05) is 0 Å². The number of ether oxygens (including phenoxy) is 1. The summed E-state index contributed by atoms with van der Waals surface area (Å²) in [5, 5.41) is 4.95. The molecule has 0 aliphatic carbocycles. The van der Waals surface area contributed by atoms with Crippen molar-refractivity contribution in [3.05, 3.63) is 58.1 Å². The highest BCUT2D eigenvalue weighted by Gasteiger charge is 2.16. The molecular weight excluding hydrogens is 345 g/mol. The molecule has 9 heteroatoms. The number of hydrogen-bond donors (Lipinski definition) is 2. The highest BCUT2D eigenvalue weighted by Crippen LogP contribution is 2.33. The van der Waals surface area contributed by atoms with Gasteiger partial charge in [0.25, 0.3) is 5.56 Å². The molecule has 25 heavy (non-hydrogen) atoms. The van der Waals surface area contributed by atoms with Crippen molar-refractivity contribution in [1.29, 1.82) is 0 Å². The molecule has 0 saturated carbocycles. The van der Waals surface area contributed by atoms with Crippen molar-refractivity contribution in [2.24, 2.45) is 7.05 Å². The SMILES string of the molecule is COc1nc(Cc2ccc(P(=O)(O)O)cc2)cc2cnn(C)c(=O)c12. The van der Waals surface area contributed by atoms with Crippen LogP contribution in [-0.2, 0) is 18.0 Å². The van der Waals surface area contributed by atoms with E-state index < -0.39 is 7.60 Å². The lowest BCUT2D eigenvalue weighted by molar-refractivity contribution is 0.387. The van der Waals surface area contributed by atoms with Crippen LogP contribution in [0.2, 0.25) is 0 Å². The number of rotatable bonds is 4. The molecule has 0 unspecified atom stereocenters. The summed E-state index contributed by atoms with van der Waals surface area (Å²) in [5.74, 6) is 0.224. The van der Waals surface area contributed by atoms with E-state index in [9.17, 15) is 9.36 Å². The normalized spacial score (nSPS) is 11.7. The van der Waals surface area contributed by atoms with E-state index in [-0.39, 0.29) is 16.7 Å². The van der Waals surface area contributed by atoms with E-state index in [1.54, 1.807) is 31.4 Å². The lowest BCUT2D eigenvalue weighted by Crippen LogP contribution is -2.20. The summed E-state index contributed by atoms with van der Waals surface area (Å²) >= 11 is 0. The van der Waals surface area contributed by atoms with E-state index in [0.717, 1.165) is 5.56 Å². The first kappa shape index (κ1) is 17.3. The fourth-order valence-corrected chi connectivity index (χ4v) is 3.07. The van der Waals surface area contributed by atoms with Crippen LogP contribution in [0.1, 0.15) is 11.3 Å². The first-order valence-electron chi connectivity index (χ1n) is 7.34. The zero-order valence-corrected chi connectivity index (χ0v) is 14.5. The first-order valence-corrected chi connectivity index (χ1v) is 8.96. The van der Waals surface area contributed by atoms with Crippen LogP contribution < -0.4 is 15.6 Å². The van der Waals surface area contributed by atoms with Crippen LogP contribution in [-0.4, -0.2) is 31.7 Å². The number of hydrogen-bond acceptors (Lipinski definition) is 5. The van der Waals surface area contributed by atoms with E-state index in [4.69, 9.17) is 14.5 Å². The molecule has 2 N–H and O–H groups in total. The molecular formula is C16H16N3O5P. The molecule has 0 aliphatic rings. The van der Waals surface area contributed by atoms with Crippen LogP contribution in [0.4, 0.5) is 0 Å². The van der Waals surface area contributed by atoms with Gasteiger partial charge in [-0.3, -0.25) is 9.36 Å². The number of methoxy groups -OCH3 is 1. The summed E-state index contributed by atoms with van der Waals surface area (Å²) in [6.07, 6.45) is 1.99. The number of aromatic nitrogens is 3. The molecule has 0 spiro atoms. The molecule has 0 radical (unpaired) electrons. The lowest BCUT2D eigenvalue weighted by atomic mass is 10.1. The zero-order chi connectivity index (χ0) is 18.2. The minimum absolute atomic E-state index is 0.0343. The van der Waals surface area contributed by atoms with Crippen molar-refractivity contribution in [1.82, 2.24) is 14.8 Å². The Bertz CT molecular complexity index is 1040. The van der Waals surface area contributed by atoms with Crippen LogP contribution >= 0.6 is 7.60 Å². The monoisotopic (exact) mass is 361 g/mol. The Morgan fingerprint density at radius 3 is 2.52 bits per heavy atom. The first-order chi connectivity index (χ1) is 11.8. The predicted octanol–water partition coefficient (Wildman–Crippen LogP) is 0.731. The van der Waals surface area contributed by atoms with Crippen LogP contribution in [0.25, 0.3) is 10.8 Å². The predicted molar refractivity (Wildman–Crippen MR) is 92.3 cm³/mol. The summed E-state index contributed by atoms with van der Waals surface area (Å²) < 4.78 is 17.7. The summed E-state index contributed by atoms with van der Waals surface area (Å²) in [7, 11) is -1.26. The zero-order valence-electron chi connectivity index (χ0n) is 13.6. The second kappa shape index (κ2) is 6.40. The highest BCUT2D eigenvalue weighted by atomic mass is 31.2. The van der Waals surface area contributed by atoms with Gasteiger partial charge in [-0.15, -0.1) is 0 Å². The van der Waals surface area contributed by atoms with Gasteiger partial charge in [-0.1, -0.05) is 12.1 Å². The number of fused-ring (bicyclic) bond motifs is 1. The maximum absolute atomic E-state index is 12.2. The quantitative estimate of drug-likeness (QED) is 0.659. The standard InChI is InChI=1S/C16H16N3O5P/c1-19-16(20)14-11(9-17-19)8-12(18-15(14)24-2)7-10-3-5-13(6-4-10)25(21,22)23/h3-6,8-9H,7H2,1-2H3,(H2,21,22,23). The fourth-order valence-electron chi connectivity index (χ4n) is 2.53. The Labute approximate surface area is 142 Å². The Morgan fingerprint density at radius 2 is 1.92 bits per heavy atom. The topological polar surface area (TPSA) is 115 Å². The molecule has 2 aromatic heterocycles. The minimum atomic E-state index is -4.26. The third-order valence-corrected chi connectivity index (χ3v) is 4.77. The smallest absolute Gasteiger partial charge is 0.356 e. The number of nitrogens with zero attached hydrogens (tertiary/aromatic N) is 3. The number of benzene rings is 1. The molecule has 2 heterocycles. The maximum Gasteiger partial charge on any atom is 0.356 e. The summed E-state index contributed by atoms with van der Waals surface area (Å²) in [6.45, 7) is 0. The average Bonchev–Trinajstić information content (AvgIpc) is 2.57. The van der Waals surface area contributed by atoms with Gasteiger partial charge in [0.2, 0.25) is 5.88 Å². The van der Waals surface area contributed by atoms with Crippen molar-refractivity contribution in [3.8, 4) is 5.88 Å². The number of pyridine rings is 1. The van der Waals surface area contributed by atoms with E-state index in [0.29, 0.717) is 22.9 Å². The molecule has 0 atom stereocenters. The Kier molecular flexibility index (Phi) is 4.43. The minimum Gasteiger partial charge on any atom is -0.480 e. The van der Waals surface area contributed by atoms with Crippen molar-refractivity contribution in [2.75, 3.05) is 7.11 Å². The molecule has 0 aliphatic heterocycles. The van der Waals surface area contributed by atoms with Gasteiger partial charge in [0.1, 0.15) is 5.39 Å². The maximum atomic E-state index is 12.2. The third-order valence-electron chi connectivity index (χ3n) is 3.80. The van der Waals surface area contributed by atoms with Crippen molar-refractivity contribution in [2.45, 2.75) is 6.42 Å². The van der Waals surface area contributed by atoms with Crippen molar-refractivity contribution in [3.63, 3.8) is 0 Å². The second-order valence-electron chi connectivity index (χ2n) is 5.55. The Balaban J connectivity index is 2.01. The molecule has 0 bridgehead atoms. The molecule has 8 nitrogen and oxygen atoms in total. The summed E-state index contributed by atoms with van der Waals surface area (Å²) in [4.78, 5) is 34.9. The third kappa shape index (κ3) is 3.46. The van der Waals surface area contributed by atoms with E-state index in [1.165, 1.54) is 23.9 Å². The van der Waals surface area contributed by atoms with Crippen molar-refractivity contribution >= 4 is 23.7 Å². The second-order valence-corrected chi connectivity index (χ2v) is 7.15. The van der Waals surface area contributed by atoms with Gasteiger partial charge in [-0.05, 0) is 23.8 Å². The van der Waals surface area contributed by atoms with E-state index >= 15 is 0 Å². The molecule has 130 valence electrons. The van der Waals surface area contributed by atoms with Crippen molar-refractivity contribution < 1.29 is 19.1 Å². The van der Waals surface area contributed by atoms with Gasteiger partial charge in [0.05, 0.1) is 18.6 Å². The number of aryl methyl sites for hydroxylation is 1. The van der Waals surface area contributed by atoms with Gasteiger partial charge in [0, 0.05) is 24.5 Å². The van der Waals surface area contributed by atoms with Gasteiger partial charge in [-0.2, -0.15) is 5.10 Å².